The maximum atomic E-state index is 11.8. The Bertz CT molecular complexity index is 491. The number of esters is 1. The zero-order valence-corrected chi connectivity index (χ0v) is 13.2. The van der Waals surface area contributed by atoms with E-state index in [0.717, 1.165) is 0 Å². The molecule has 118 valence electrons. The molecule has 1 aromatic heterocycles. The van der Waals surface area contributed by atoms with E-state index in [1.807, 2.05) is 6.92 Å². The molecule has 0 fully saturated rings. The van der Waals surface area contributed by atoms with E-state index < -0.39 is 17.7 Å². The molecule has 0 aliphatic rings. The lowest BCUT2D eigenvalue weighted by Gasteiger charge is -2.21. The van der Waals surface area contributed by atoms with Gasteiger partial charge in [-0.2, -0.15) is 5.10 Å². The van der Waals surface area contributed by atoms with Gasteiger partial charge in [0, 0.05) is 12.7 Å². The van der Waals surface area contributed by atoms with Crippen LogP contribution in [-0.2, 0) is 9.47 Å². The fourth-order valence-electron chi connectivity index (χ4n) is 1.66. The highest BCUT2D eigenvalue weighted by Crippen LogP contribution is 2.11. The number of nitrogens with zero attached hydrogens (tertiary/aromatic N) is 2. The first-order chi connectivity index (χ1) is 9.74. The number of hydrogen-bond donors (Lipinski definition) is 1. The van der Waals surface area contributed by atoms with Crippen LogP contribution in [0.15, 0.2) is 12.3 Å². The number of rotatable bonds is 5. The molecule has 0 aromatic carbocycles. The number of ether oxygens (including phenoxy) is 2. The number of nitrogens with one attached hydrogen (secondary N) is 1. The zero-order valence-electron chi connectivity index (χ0n) is 13.2. The van der Waals surface area contributed by atoms with Gasteiger partial charge in [-0.15, -0.1) is 0 Å². The maximum Gasteiger partial charge on any atom is 0.407 e. The average Bonchev–Trinajstić information content (AvgIpc) is 2.83. The minimum atomic E-state index is -0.547. The largest absolute Gasteiger partial charge is 0.461 e. The average molecular weight is 297 g/mol. The third-order valence-electron chi connectivity index (χ3n) is 2.51. The monoisotopic (exact) mass is 297 g/mol. The number of aromatic nitrogens is 2. The summed E-state index contributed by atoms with van der Waals surface area (Å²) in [6.45, 7) is 9.56. The summed E-state index contributed by atoms with van der Waals surface area (Å²) in [5, 5.41) is 6.75. The molecule has 0 saturated carbocycles. The van der Waals surface area contributed by atoms with Gasteiger partial charge >= 0.3 is 12.1 Å². The number of carbonyl (C=O) groups is 2. The fraction of sp³-hybridized carbons (Fsp3) is 0.643. The molecule has 21 heavy (non-hydrogen) atoms. The van der Waals surface area contributed by atoms with Crippen LogP contribution in [0.25, 0.3) is 0 Å². The molecule has 7 nitrogen and oxygen atoms in total. The van der Waals surface area contributed by atoms with E-state index in [9.17, 15) is 9.59 Å². The number of hydrogen-bond acceptors (Lipinski definition) is 5. The van der Waals surface area contributed by atoms with Crippen molar-refractivity contribution in [2.75, 3.05) is 13.2 Å². The Morgan fingerprint density at radius 1 is 1.43 bits per heavy atom. The summed E-state index contributed by atoms with van der Waals surface area (Å²) in [5.41, 5.74) is -0.190. The minimum absolute atomic E-state index is 0.202. The molecule has 0 aliphatic carbocycles. The Balaban J connectivity index is 2.61. The van der Waals surface area contributed by atoms with Crippen molar-refractivity contribution >= 4 is 12.1 Å². The molecular weight excluding hydrogens is 274 g/mol. The smallest absolute Gasteiger partial charge is 0.407 e. The van der Waals surface area contributed by atoms with E-state index in [2.05, 4.69) is 10.4 Å². The molecule has 0 unspecified atom stereocenters. The fourth-order valence-corrected chi connectivity index (χ4v) is 1.66. The van der Waals surface area contributed by atoms with Crippen molar-refractivity contribution in [3.05, 3.63) is 18.0 Å². The van der Waals surface area contributed by atoms with Gasteiger partial charge in [-0.25, -0.2) is 9.59 Å². The van der Waals surface area contributed by atoms with Gasteiger partial charge in [-0.1, -0.05) is 0 Å². The van der Waals surface area contributed by atoms with Crippen LogP contribution in [0.3, 0.4) is 0 Å². The van der Waals surface area contributed by atoms with Gasteiger partial charge < -0.3 is 14.8 Å². The molecule has 1 aromatic rings. The second-order valence-electron chi connectivity index (χ2n) is 5.61. The van der Waals surface area contributed by atoms with Gasteiger partial charge in [0.2, 0.25) is 0 Å². The number of carbonyl (C=O) groups excluding carboxylic acids is 2. The highest BCUT2D eigenvalue weighted by molar-refractivity contribution is 5.87. The predicted octanol–water partition coefficient (Wildman–Crippen LogP) is 2.15. The van der Waals surface area contributed by atoms with E-state index in [1.165, 1.54) is 10.9 Å². The second kappa shape index (κ2) is 7.10. The van der Waals surface area contributed by atoms with Crippen LogP contribution < -0.4 is 5.32 Å². The predicted molar refractivity (Wildman–Crippen MR) is 77.1 cm³/mol. The van der Waals surface area contributed by atoms with Crippen LogP contribution in [0.1, 0.15) is 51.1 Å². The van der Waals surface area contributed by atoms with Crippen molar-refractivity contribution < 1.29 is 19.1 Å². The third kappa shape index (κ3) is 5.45. The lowest BCUT2D eigenvalue weighted by Crippen LogP contribution is -2.36. The number of amides is 1. The van der Waals surface area contributed by atoms with Gasteiger partial charge in [0.05, 0.1) is 12.6 Å². The summed E-state index contributed by atoms with van der Waals surface area (Å²) in [6.07, 6.45) is 1.02. The molecule has 7 heteroatoms. The van der Waals surface area contributed by atoms with Gasteiger partial charge in [-0.05, 0) is 40.7 Å². The molecule has 1 amide bonds. The zero-order chi connectivity index (χ0) is 16.0. The second-order valence-corrected chi connectivity index (χ2v) is 5.61. The van der Waals surface area contributed by atoms with Crippen LogP contribution in [0.2, 0.25) is 0 Å². The van der Waals surface area contributed by atoms with Crippen molar-refractivity contribution in [2.24, 2.45) is 0 Å². The van der Waals surface area contributed by atoms with Crippen molar-refractivity contribution in [2.45, 2.75) is 46.3 Å². The van der Waals surface area contributed by atoms with Crippen LogP contribution in [0.4, 0.5) is 4.79 Å². The summed E-state index contributed by atoms with van der Waals surface area (Å²) in [7, 11) is 0. The summed E-state index contributed by atoms with van der Waals surface area (Å²) in [5.74, 6) is -0.431. The Morgan fingerprint density at radius 3 is 2.67 bits per heavy atom. The molecule has 0 bridgehead atoms. The highest BCUT2D eigenvalue weighted by Gasteiger charge is 2.20. The van der Waals surface area contributed by atoms with E-state index in [4.69, 9.17) is 9.47 Å². The van der Waals surface area contributed by atoms with Gasteiger partial charge in [-0.3, -0.25) is 4.68 Å². The first-order valence-electron chi connectivity index (χ1n) is 6.92. The van der Waals surface area contributed by atoms with Crippen molar-refractivity contribution in [1.82, 2.24) is 15.1 Å². The van der Waals surface area contributed by atoms with Crippen molar-refractivity contribution in [3.63, 3.8) is 0 Å². The van der Waals surface area contributed by atoms with E-state index >= 15 is 0 Å². The maximum absolute atomic E-state index is 11.8. The molecule has 1 heterocycles. The Morgan fingerprint density at radius 2 is 2.10 bits per heavy atom. The number of alkyl carbamates (subject to hydrolysis) is 1. The molecule has 0 saturated heterocycles. The quantitative estimate of drug-likeness (QED) is 0.842. The lowest BCUT2D eigenvalue weighted by molar-refractivity contribution is 0.0508. The Labute approximate surface area is 124 Å². The molecule has 1 N–H and O–H groups in total. The van der Waals surface area contributed by atoms with E-state index in [1.54, 1.807) is 33.8 Å². The van der Waals surface area contributed by atoms with E-state index in [-0.39, 0.29) is 6.04 Å². The SMILES string of the molecule is CCOC(=O)c1ccnn1[C@H](C)CNC(=O)OC(C)(C)C. The van der Waals surface area contributed by atoms with Crippen molar-refractivity contribution in [3.8, 4) is 0 Å². The molecule has 0 aliphatic heterocycles. The lowest BCUT2D eigenvalue weighted by atomic mass is 10.2. The van der Waals surface area contributed by atoms with Crippen molar-refractivity contribution in [1.29, 1.82) is 0 Å². The van der Waals surface area contributed by atoms with Gasteiger partial charge in [0.1, 0.15) is 11.3 Å². The third-order valence-corrected chi connectivity index (χ3v) is 2.51. The topological polar surface area (TPSA) is 82.5 Å². The normalized spacial score (nSPS) is 12.6. The summed E-state index contributed by atoms with van der Waals surface area (Å²) >= 11 is 0. The molecule has 1 atom stereocenters. The van der Waals surface area contributed by atoms with Crippen LogP contribution in [0, 0.1) is 0 Å². The summed E-state index contributed by atoms with van der Waals surface area (Å²) in [4.78, 5) is 23.4. The molecule has 0 spiro atoms. The standard InChI is InChI=1S/C14H23N3O4/c1-6-20-12(18)11-7-8-16-17(11)10(2)9-15-13(19)21-14(3,4)5/h7-8,10H,6,9H2,1-5H3,(H,15,19)/t10-/m1/s1. The highest BCUT2D eigenvalue weighted by atomic mass is 16.6. The first kappa shape index (κ1) is 17.0. The Kier molecular flexibility index (Phi) is 5.75. The van der Waals surface area contributed by atoms with Crippen LogP contribution >= 0.6 is 0 Å². The van der Waals surface area contributed by atoms with Gasteiger partial charge in [0.15, 0.2) is 0 Å². The first-order valence-corrected chi connectivity index (χ1v) is 6.92. The van der Waals surface area contributed by atoms with Crippen LogP contribution in [-0.4, -0.2) is 40.6 Å². The molecule has 0 radical (unpaired) electrons. The van der Waals surface area contributed by atoms with E-state index in [0.29, 0.717) is 18.8 Å². The Hall–Kier alpha value is -2.05. The summed E-state index contributed by atoms with van der Waals surface area (Å²) < 4.78 is 11.6. The van der Waals surface area contributed by atoms with Gasteiger partial charge in [0.25, 0.3) is 0 Å². The molecule has 1 rings (SSSR count). The van der Waals surface area contributed by atoms with Crippen LogP contribution in [0.5, 0.6) is 0 Å². The molecular formula is C14H23N3O4. The minimum Gasteiger partial charge on any atom is -0.461 e. The summed E-state index contributed by atoms with van der Waals surface area (Å²) in [6, 6.07) is 1.38.